The molecule has 0 fully saturated rings. The van der Waals surface area contributed by atoms with Gasteiger partial charge in [0.15, 0.2) is 0 Å². The van der Waals surface area contributed by atoms with Gasteiger partial charge in [-0.1, -0.05) is 25.4 Å². The first-order valence-corrected chi connectivity index (χ1v) is 7.93. The fourth-order valence-electron chi connectivity index (χ4n) is 2.63. The summed E-state index contributed by atoms with van der Waals surface area (Å²) < 4.78 is 7.50. The minimum absolute atomic E-state index is 0.525. The number of hydrogen-bond donors (Lipinski definition) is 0. The topological polar surface area (TPSA) is 30.3 Å². The van der Waals surface area contributed by atoms with Crippen molar-refractivity contribution >= 4 is 22.6 Å². The molecular weight excluding hydrogens is 286 g/mol. The van der Waals surface area contributed by atoms with Gasteiger partial charge in [0.25, 0.3) is 0 Å². The largest absolute Gasteiger partial charge is 0.377 e. The maximum absolute atomic E-state index is 6.13. The van der Waals surface area contributed by atoms with E-state index in [1.165, 1.54) is 0 Å². The van der Waals surface area contributed by atoms with E-state index in [0.29, 0.717) is 6.61 Å². The molecule has 0 atom stereocenters. The molecule has 0 bridgehead atoms. The minimum atomic E-state index is 0.525. The number of nitrogens with zero attached hydrogens (tertiary/aromatic N) is 3. The Kier molecular flexibility index (Phi) is 6.03. The predicted molar refractivity (Wildman–Crippen MR) is 87.9 cm³/mol. The Morgan fingerprint density at radius 3 is 2.71 bits per heavy atom. The summed E-state index contributed by atoms with van der Waals surface area (Å²) >= 11 is 6.13. The van der Waals surface area contributed by atoms with Crippen molar-refractivity contribution in [2.24, 2.45) is 0 Å². The third kappa shape index (κ3) is 3.96. The molecule has 5 heteroatoms. The molecular formula is C16H24ClN3O. The van der Waals surface area contributed by atoms with Crippen LogP contribution in [0, 0.1) is 0 Å². The van der Waals surface area contributed by atoms with Crippen molar-refractivity contribution in [2.45, 2.75) is 33.4 Å². The number of imidazole rings is 1. The highest BCUT2D eigenvalue weighted by atomic mass is 35.5. The summed E-state index contributed by atoms with van der Waals surface area (Å²) in [5.41, 5.74) is 2.07. The van der Waals surface area contributed by atoms with Crippen LogP contribution in [0.15, 0.2) is 18.2 Å². The summed E-state index contributed by atoms with van der Waals surface area (Å²) in [5, 5.41) is 0.747. The monoisotopic (exact) mass is 309 g/mol. The molecule has 116 valence electrons. The second-order valence-electron chi connectivity index (χ2n) is 5.13. The normalized spacial score (nSPS) is 11.7. The maximum atomic E-state index is 6.13. The summed E-state index contributed by atoms with van der Waals surface area (Å²) in [7, 11) is 1.70. The lowest BCUT2D eigenvalue weighted by atomic mass is 10.3. The van der Waals surface area contributed by atoms with Gasteiger partial charge in [0.05, 0.1) is 11.0 Å². The first-order valence-electron chi connectivity index (χ1n) is 7.55. The molecule has 1 aromatic carbocycles. The van der Waals surface area contributed by atoms with Gasteiger partial charge in [-0.25, -0.2) is 4.98 Å². The highest BCUT2D eigenvalue weighted by molar-refractivity contribution is 6.31. The van der Waals surface area contributed by atoms with E-state index in [9.17, 15) is 0 Å². The van der Waals surface area contributed by atoms with Crippen molar-refractivity contribution in [1.82, 2.24) is 14.5 Å². The molecule has 0 aliphatic rings. The van der Waals surface area contributed by atoms with Crippen LogP contribution in [0.5, 0.6) is 0 Å². The smallest absolute Gasteiger partial charge is 0.135 e. The molecule has 0 aliphatic carbocycles. The van der Waals surface area contributed by atoms with Gasteiger partial charge in [-0.3, -0.25) is 0 Å². The zero-order valence-electron chi connectivity index (χ0n) is 13.1. The molecule has 1 heterocycles. The van der Waals surface area contributed by atoms with E-state index in [1.807, 2.05) is 18.2 Å². The van der Waals surface area contributed by atoms with Crippen molar-refractivity contribution in [1.29, 1.82) is 0 Å². The Morgan fingerprint density at radius 2 is 2.05 bits per heavy atom. The number of rotatable bonds is 8. The highest BCUT2D eigenvalue weighted by Crippen LogP contribution is 2.21. The number of benzene rings is 1. The van der Waals surface area contributed by atoms with Crippen LogP contribution in [0.25, 0.3) is 11.0 Å². The molecule has 0 aliphatic heterocycles. The van der Waals surface area contributed by atoms with Crippen LogP contribution in [-0.2, 0) is 17.9 Å². The van der Waals surface area contributed by atoms with Crippen molar-refractivity contribution in [2.75, 3.05) is 26.7 Å². The molecule has 2 aromatic rings. The fraction of sp³-hybridized carbons (Fsp3) is 0.562. The third-order valence-corrected chi connectivity index (χ3v) is 4.05. The van der Waals surface area contributed by atoms with Crippen LogP contribution in [0.3, 0.4) is 0 Å². The van der Waals surface area contributed by atoms with Gasteiger partial charge in [-0.15, -0.1) is 0 Å². The second kappa shape index (κ2) is 7.78. The van der Waals surface area contributed by atoms with Gasteiger partial charge in [-0.2, -0.15) is 0 Å². The molecule has 1 aromatic heterocycles. The van der Waals surface area contributed by atoms with Crippen molar-refractivity contribution < 1.29 is 4.74 Å². The first-order chi connectivity index (χ1) is 10.2. The molecule has 4 nitrogen and oxygen atoms in total. The zero-order valence-corrected chi connectivity index (χ0v) is 13.9. The SMILES string of the molecule is CCN(CC)CCCn1c(COC)nc2ccc(Cl)cc21. The van der Waals surface area contributed by atoms with Crippen LogP contribution in [0.4, 0.5) is 0 Å². The molecule has 21 heavy (non-hydrogen) atoms. The number of aryl methyl sites for hydroxylation is 1. The molecule has 0 N–H and O–H groups in total. The van der Waals surface area contributed by atoms with Gasteiger partial charge >= 0.3 is 0 Å². The average molecular weight is 310 g/mol. The Hall–Kier alpha value is -1.10. The van der Waals surface area contributed by atoms with Crippen molar-refractivity contribution in [3.63, 3.8) is 0 Å². The molecule has 0 saturated carbocycles. The van der Waals surface area contributed by atoms with Crippen LogP contribution in [-0.4, -0.2) is 41.2 Å². The van der Waals surface area contributed by atoms with Gasteiger partial charge in [0, 0.05) is 18.7 Å². The summed E-state index contributed by atoms with van der Waals surface area (Å²) in [6.45, 7) is 9.15. The summed E-state index contributed by atoms with van der Waals surface area (Å²) in [4.78, 5) is 7.08. The number of halogens is 1. The van der Waals surface area contributed by atoms with E-state index >= 15 is 0 Å². The van der Waals surface area contributed by atoms with Crippen molar-refractivity contribution in [3.8, 4) is 0 Å². The Labute approximate surface area is 131 Å². The van der Waals surface area contributed by atoms with Crippen LogP contribution >= 0.6 is 11.6 Å². The highest BCUT2D eigenvalue weighted by Gasteiger charge is 2.11. The van der Waals surface area contributed by atoms with Crippen LogP contribution < -0.4 is 0 Å². The molecule has 0 spiro atoms. The summed E-state index contributed by atoms with van der Waals surface area (Å²) in [6, 6.07) is 5.84. The van der Waals surface area contributed by atoms with Crippen LogP contribution in [0.1, 0.15) is 26.1 Å². The van der Waals surface area contributed by atoms with E-state index in [1.54, 1.807) is 7.11 Å². The maximum Gasteiger partial charge on any atom is 0.135 e. The molecule has 0 unspecified atom stereocenters. The molecule has 0 radical (unpaired) electrons. The van der Waals surface area contributed by atoms with Crippen molar-refractivity contribution in [3.05, 3.63) is 29.0 Å². The number of ether oxygens (including phenoxy) is 1. The van der Waals surface area contributed by atoms with Gasteiger partial charge in [-0.05, 0) is 44.3 Å². The van der Waals surface area contributed by atoms with E-state index < -0.39 is 0 Å². The average Bonchev–Trinajstić information content (AvgIpc) is 2.81. The summed E-state index contributed by atoms with van der Waals surface area (Å²) in [5.74, 6) is 0.967. The number of aromatic nitrogens is 2. The molecule has 0 saturated heterocycles. The second-order valence-corrected chi connectivity index (χ2v) is 5.56. The quantitative estimate of drug-likeness (QED) is 0.747. The van der Waals surface area contributed by atoms with Crippen LogP contribution in [0.2, 0.25) is 5.02 Å². The van der Waals surface area contributed by atoms with Gasteiger partial charge < -0.3 is 14.2 Å². The summed E-state index contributed by atoms with van der Waals surface area (Å²) in [6.07, 6.45) is 1.09. The number of hydrogen-bond acceptors (Lipinski definition) is 3. The fourth-order valence-corrected chi connectivity index (χ4v) is 2.79. The Morgan fingerprint density at radius 1 is 1.29 bits per heavy atom. The predicted octanol–water partition coefficient (Wildman–Crippen LogP) is 3.57. The lowest BCUT2D eigenvalue weighted by Crippen LogP contribution is -2.25. The molecule has 2 rings (SSSR count). The van der Waals surface area contributed by atoms with Gasteiger partial charge in [0.1, 0.15) is 12.4 Å². The first kappa shape index (κ1) is 16.3. The lowest BCUT2D eigenvalue weighted by molar-refractivity contribution is 0.174. The number of methoxy groups -OCH3 is 1. The molecule has 0 amide bonds. The third-order valence-electron chi connectivity index (χ3n) is 3.81. The van der Waals surface area contributed by atoms with Gasteiger partial charge in [0.2, 0.25) is 0 Å². The Bertz CT molecular complexity index is 578. The lowest BCUT2D eigenvalue weighted by Gasteiger charge is -2.18. The standard InChI is InChI=1S/C16H24ClN3O/c1-4-19(5-2)9-6-10-20-15-11-13(17)7-8-14(15)18-16(20)12-21-3/h7-8,11H,4-6,9-10,12H2,1-3H3. The van der Waals surface area contributed by atoms with E-state index in [-0.39, 0.29) is 0 Å². The Balaban J connectivity index is 2.19. The van der Waals surface area contributed by atoms with E-state index in [2.05, 4.69) is 28.3 Å². The van der Waals surface area contributed by atoms with E-state index in [4.69, 9.17) is 16.3 Å². The minimum Gasteiger partial charge on any atom is -0.377 e. The van der Waals surface area contributed by atoms with E-state index in [0.717, 1.165) is 54.5 Å². The number of fused-ring (bicyclic) bond motifs is 1. The zero-order chi connectivity index (χ0) is 15.2.